The standard InChI is InChI=1S/C16H22.H2S/c1-10(2)16-13-6-4-5-12(13)9-15-11(3)7-8-14(15)16;/h9-11H,4-8H2,1-3H3;1H2/t11-;/m0./s1. The van der Waals surface area contributed by atoms with Crippen molar-refractivity contribution in [2.45, 2.75) is 64.7 Å². The largest absolute Gasteiger partial charge is 0.197 e. The third kappa shape index (κ3) is 1.93. The van der Waals surface area contributed by atoms with E-state index in [1.807, 2.05) is 0 Å². The Hall–Kier alpha value is -0.430. The molecule has 1 atom stereocenters. The molecule has 0 aromatic heterocycles. The van der Waals surface area contributed by atoms with Crippen LogP contribution in [0.4, 0.5) is 0 Å². The topological polar surface area (TPSA) is 0 Å². The normalized spacial score (nSPS) is 21.3. The Labute approximate surface area is 112 Å². The second-order valence-electron chi connectivity index (χ2n) is 5.94. The molecule has 1 aromatic rings. The van der Waals surface area contributed by atoms with Gasteiger partial charge in [-0.3, -0.25) is 0 Å². The summed E-state index contributed by atoms with van der Waals surface area (Å²) < 4.78 is 0. The van der Waals surface area contributed by atoms with Crippen LogP contribution in [0.15, 0.2) is 6.07 Å². The number of benzene rings is 1. The van der Waals surface area contributed by atoms with E-state index in [2.05, 4.69) is 26.8 Å². The summed E-state index contributed by atoms with van der Waals surface area (Å²) in [5.41, 5.74) is 8.54. The lowest BCUT2D eigenvalue weighted by Crippen LogP contribution is -2.03. The average Bonchev–Trinajstić information content (AvgIpc) is 2.82. The van der Waals surface area contributed by atoms with E-state index in [-0.39, 0.29) is 13.5 Å². The van der Waals surface area contributed by atoms with Crippen LogP contribution in [0.5, 0.6) is 0 Å². The molecule has 0 radical (unpaired) electrons. The quantitative estimate of drug-likeness (QED) is 0.688. The molecule has 0 saturated carbocycles. The number of fused-ring (bicyclic) bond motifs is 2. The van der Waals surface area contributed by atoms with Crippen LogP contribution in [-0.2, 0) is 19.3 Å². The first-order chi connectivity index (χ1) is 7.68. The molecular formula is C16H24S. The van der Waals surface area contributed by atoms with Crippen molar-refractivity contribution in [2.24, 2.45) is 0 Å². The minimum absolute atomic E-state index is 0. The van der Waals surface area contributed by atoms with E-state index in [4.69, 9.17) is 0 Å². The predicted molar refractivity (Wildman–Crippen MR) is 79.7 cm³/mol. The van der Waals surface area contributed by atoms with E-state index in [1.165, 1.54) is 32.1 Å². The van der Waals surface area contributed by atoms with Gasteiger partial charge in [-0.1, -0.05) is 26.8 Å². The van der Waals surface area contributed by atoms with E-state index < -0.39 is 0 Å². The lowest BCUT2D eigenvalue weighted by Gasteiger charge is -2.18. The van der Waals surface area contributed by atoms with Gasteiger partial charge in [0.05, 0.1) is 0 Å². The van der Waals surface area contributed by atoms with E-state index in [9.17, 15) is 0 Å². The molecule has 0 N–H and O–H groups in total. The fraction of sp³-hybridized carbons (Fsp3) is 0.625. The van der Waals surface area contributed by atoms with Gasteiger partial charge in [0.25, 0.3) is 0 Å². The van der Waals surface area contributed by atoms with Crippen molar-refractivity contribution in [3.8, 4) is 0 Å². The maximum atomic E-state index is 2.54. The molecule has 0 nitrogen and oxygen atoms in total. The second kappa shape index (κ2) is 4.68. The molecule has 0 saturated heterocycles. The first-order valence-electron chi connectivity index (χ1n) is 6.86. The molecule has 0 fully saturated rings. The summed E-state index contributed by atoms with van der Waals surface area (Å²) in [6.07, 6.45) is 6.75. The van der Waals surface area contributed by atoms with Crippen LogP contribution in [-0.4, -0.2) is 0 Å². The van der Waals surface area contributed by atoms with Gasteiger partial charge in [-0.25, -0.2) is 0 Å². The summed E-state index contributed by atoms with van der Waals surface area (Å²) in [5, 5.41) is 0. The first-order valence-corrected chi connectivity index (χ1v) is 6.86. The Morgan fingerprint density at radius 3 is 2.59 bits per heavy atom. The second-order valence-corrected chi connectivity index (χ2v) is 5.94. The molecule has 2 aliphatic rings. The monoisotopic (exact) mass is 248 g/mol. The van der Waals surface area contributed by atoms with Gasteiger partial charge in [-0.2, -0.15) is 13.5 Å². The van der Waals surface area contributed by atoms with Crippen LogP contribution < -0.4 is 0 Å². The highest BCUT2D eigenvalue weighted by Crippen LogP contribution is 2.42. The van der Waals surface area contributed by atoms with Crippen LogP contribution >= 0.6 is 13.5 Å². The van der Waals surface area contributed by atoms with Gasteiger partial charge in [0, 0.05) is 0 Å². The number of aryl methyl sites for hydroxylation is 1. The van der Waals surface area contributed by atoms with E-state index in [0.29, 0.717) is 5.92 Å². The first kappa shape index (κ1) is 13.0. The minimum atomic E-state index is 0. The molecule has 1 heteroatoms. The number of hydrogen-bond donors (Lipinski definition) is 0. The molecule has 3 rings (SSSR count). The Balaban J connectivity index is 0.00000108. The van der Waals surface area contributed by atoms with Crippen LogP contribution in [0, 0.1) is 0 Å². The van der Waals surface area contributed by atoms with Crippen LogP contribution in [0.25, 0.3) is 0 Å². The highest BCUT2D eigenvalue weighted by molar-refractivity contribution is 7.59. The Kier molecular flexibility index (Phi) is 3.58. The predicted octanol–water partition coefficient (Wildman–Crippen LogP) is 4.46. The van der Waals surface area contributed by atoms with Gasteiger partial charge in [-0.05, 0) is 71.8 Å². The van der Waals surface area contributed by atoms with Gasteiger partial charge in [0.15, 0.2) is 0 Å². The number of hydrogen-bond acceptors (Lipinski definition) is 0. The van der Waals surface area contributed by atoms with Crippen LogP contribution in [0.2, 0.25) is 0 Å². The summed E-state index contributed by atoms with van der Waals surface area (Å²) in [7, 11) is 0. The van der Waals surface area contributed by atoms with Crippen molar-refractivity contribution in [3.63, 3.8) is 0 Å². The van der Waals surface area contributed by atoms with Crippen molar-refractivity contribution in [1.82, 2.24) is 0 Å². The fourth-order valence-electron chi connectivity index (χ4n) is 3.78. The summed E-state index contributed by atoms with van der Waals surface area (Å²) in [6, 6.07) is 2.54. The fourth-order valence-corrected chi connectivity index (χ4v) is 3.78. The SMILES string of the molecule is CC(C)c1c2c(cc3c1CC[C@@H]3C)CCC2.S. The van der Waals surface area contributed by atoms with Crippen LogP contribution in [0.3, 0.4) is 0 Å². The molecule has 0 spiro atoms. The summed E-state index contributed by atoms with van der Waals surface area (Å²) in [5.74, 6) is 1.52. The van der Waals surface area contributed by atoms with Crippen molar-refractivity contribution in [2.75, 3.05) is 0 Å². The Morgan fingerprint density at radius 1 is 1.12 bits per heavy atom. The molecule has 1 aromatic carbocycles. The highest BCUT2D eigenvalue weighted by Gasteiger charge is 2.28. The molecule has 94 valence electrons. The van der Waals surface area contributed by atoms with Gasteiger partial charge in [0.2, 0.25) is 0 Å². The van der Waals surface area contributed by atoms with E-state index in [1.54, 1.807) is 27.8 Å². The smallest absolute Gasteiger partial charge is 0.0184 e. The van der Waals surface area contributed by atoms with Gasteiger partial charge >= 0.3 is 0 Å². The molecule has 0 amide bonds. The van der Waals surface area contributed by atoms with Crippen molar-refractivity contribution in [3.05, 3.63) is 33.9 Å². The number of rotatable bonds is 1. The average molecular weight is 248 g/mol. The molecule has 0 aliphatic heterocycles. The molecule has 0 unspecified atom stereocenters. The maximum absolute atomic E-state index is 2.54. The van der Waals surface area contributed by atoms with Crippen molar-refractivity contribution >= 4 is 13.5 Å². The zero-order valence-electron chi connectivity index (χ0n) is 11.3. The lowest BCUT2D eigenvalue weighted by molar-refractivity contribution is 0.744. The minimum Gasteiger partial charge on any atom is -0.197 e. The van der Waals surface area contributed by atoms with Gasteiger partial charge in [0.1, 0.15) is 0 Å². The van der Waals surface area contributed by atoms with Crippen LogP contribution in [0.1, 0.15) is 73.3 Å². The van der Waals surface area contributed by atoms with Gasteiger partial charge in [-0.15, -0.1) is 0 Å². The molecule has 17 heavy (non-hydrogen) atoms. The highest BCUT2D eigenvalue weighted by atomic mass is 32.1. The third-order valence-electron chi connectivity index (χ3n) is 4.52. The molecule has 0 bridgehead atoms. The van der Waals surface area contributed by atoms with E-state index >= 15 is 0 Å². The summed E-state index contributed by atoms with van der Waals surface area (Å²) in [4.78, 5) is 0. The van der Waals surface area contributed by atoms with Crippen molar-refractivity contribution < 1.29 is 0 Å². The molecule has 0 heterocycles. The van der Waals surface area contributed by atoms with Gasteiger partial charge < -0.3 is 0 Å². The van der Waals surface area contributed by atoms with Crippen molar-refractivity contribution in [1.29, 1.82) is 0 Å². The summed E-state index contributed by atoms with van der Waals surface area (Å²) in [6.45, 7) is 7.14. The molecular weight excluding hydrogens is 224 g/mol. The zero-order valence-corrected chi connectivity index (χ0v) is 12.3. The Bertz CT molecular complexity index is 432. The third-order valence-corrected chi connectivity index (χ3v) is 4.52. The lowest BCUT2D eigenvalue weighted by atomic mass is 9.86. The molecule has 2 aliphatic carbocycles. The zero-order chi connectivity index (χ0) is 11.3. The Morgan fingerprint density at radius 2 is 1.88 bits per heavy atom. The van der Waals surface area contributed by atoms with E-state index in [0.717, 1.165) is 5.92 Å². The maximum Gasteiger partial charge on any atom is -0.0184 e. The summed E-state index contributed by atoms with van der Waals surface area (Å²) >= 11 is 0.